The molecular formula is C20H42IN5. The molecular weight excluding hydrogens is 437 g/mol. The predicted molar refractivity (Wildman–Crippen MR) is 124 cm³/mol. The smallest absolute Gasteiger partial charge is 0.191 e. The number of aliphatic imine (C=N–C) groups is 1. The highest BCUT2D eigenvalue weighted by Crippen LogP contribution is 2.15. The summed E-state index contributed by atoms with van der Waals surface area (Å²) in [5, 5.41) is 6.88. The van der Waals surface area contributed by atoms with E-state index in [1.54, 1.807) is 0 Å². The molecule has 154 valence electrons. The second kappa shape index (κ2) is 14.9. The molecule has 5 nitrogen and oxygen atoms in total. The molecule has 6 heteroatoms. The van der Waals surface area contributed by atoms with Crippen LogP contribution in [-0.4, -0.2) is 74.7 Å². The molecule has 0 aromatic carbocycles. The van der Waals surface area contributed by atoms with Crippen molar-refractivity contribution < 1.29 is 0 Å². The van der Waals surface area contributed by atoms with Gasteiger partial charge < -0.3 is 20.4 Å². The van der Waals surface area contributed by atoms with Gasteiger partial charge in [-0.05, 0) is 77.5 Å². The van der Waals surface area contributed by atoms with Crippen LogP contribution in [0, 0.1) is 5.92 Å². The number of likely N-dealkylation sites (tertiary alicyclic amines) is 2. The van der Waals surface area contributed by atoms with Crippen LogP contribution in [0.3, 0.4) is 0 Å². The summed E-state index contributed by atoms with van der Waals surface area (Å²) in [6, 6.07) is 0. The van der Waals surface area contributed by atoms with Gasteiger partial charge in [0.1, 0.15) is 0 Å². The zero-order chi connectivity index (χ0) is 17.7. The highest BCUT2D eigenvalue weighted by molar-refractivity contribution is 14.0. The average molecular weight is 479 g/mol. The third kappa shape index (κ3) is 10.3. The Labute approximate surface area is 178 Å². The van der Waals surface area contributed by atoms with Crippen molar-refractivity contribution in [1.82, 2.24) is 20.4 Å². The number of rotatable bonds is 9. The van der Waals surface area contributed by atoms with Crippen molar-refractivity contribution >= 4 is 29.9 Å². The van der Waals surface area contributed by atoms with Crippen LogP contribution in [0.1, 0.15) is 58.8 Å². The number of hydrogen-bond acceptors (Lipinski definition) is 3. The standard InChI is InChI=1S/C20H41N5.HI/c1-3-21-20(23-12-17-24-13-6-4-7-14-24)22-11-5-8-15-25-16-9-10-19(2)18-25;/h19H,3-18H2,1-2H3,(H2,21,22,23);1H. The van der Waals surface area contributed by atoms with Crippen molar-refractivity contribution in [2.24, 2.45) is 10.9 Å². The summed E-state index contributed by atoms with van der Waals surface area (Å²) in [5.41, 5.74) is 0. The van der Waals surface area contributed by atoms with Gasteiger partial charge in [-0.25, -0.2) is 0 Å². The fourth-order valence-electron chi connectivity index (χ4n) is 3.99. The SMILES string of the molecule is CCNC(=NCCCCN1CCCC(C)C1)NCCN1CCCCC1.I. The van der Waals surface area contributed by atoms with Crippen molar-refractivity contribution in [3.05, 3.63) is 0 Å². The highest BCUT2D eigenvalue weighted by Gasteiger charge is 2.15. The fraction of sp³-hybridized carbons (Fsp3) is 0.950. The van der Waals surface area contributed by atoms with Crippen molar-refractivity contribution in [1.29, 1.82) is 0 Å². The quantitative estimate of drug-likeness (QED) is 0.231. The first-order chi connectivity index (χ1) is 12.3. The van der Waals surface area contributed by atoms with E-state index in [2.05, 4.69) is 34.3 Å². The lowest BCUT2D eigenvalue weighted by molar-refractivity contribution is 0.181. The van der Waals surface area contributed by atoms with Gasteiger partial charge in [0, 0.05) is 32.7 Å². The summed E-state index contributed by atoms with van der Waals surface area (Å²) < 4.78 is 0. The number of guanidine groups is 1. The Bertz CT molecular complexity index is 371. The Kier molecular flexibility index (Phi) is 13.7. The van der Waals surface area contributed by atoms with E-state index in [1.807, 2.05) is 0 Å². The lowest BCUT2D eigenvalue weighted by Crippen LogP contribution is -2.42. The van der Waals surface area contributed by atoms with Crippen molar-refractivity contribution in [2.45, 2.75) is 58.8 Å². The summed E-state index contributed by atoms with van der Waals surface area (Å²) in [6.45, 7) is 14.9. The first kappa shape index (κ1) is 24.0. The van der Waals surface area contributed by atoms with Crippen LogP contribution >= 0.6 is 24.0 Å². The van der Waals surface area contributed by atoms with Gasteiger partial charge in [0.25, 0.3) is 0 Å². The number of halogens is 1. The molecule has 0 spiro atoms. The minimum absolute atomic E-state index is 0. The molecule has 2 N–H and O–H groups in total. The van der Waals surface area contributed by atoms with Crippen molar-refractivity contribution in [2.75, 3.05) is 58.9 Å². The van der Waals surface area contributed by atoms with Gasteiger partial charge in [-0.1, -0.05) is 13.3 Å². The Morgan fingerprint density at radius 3 is 2.46 bits per heavy atom. The number of nitrogens with one attached hydrogen (secondary N) is 2. The van der Waals surface area contributed by atoms with E-state index in [9.17, 15) is 0 Å². The molecule has 0 amide bonds. The molecule has 2 fully saturated rings. The zero-order valence-electron chi connectivity index (χ0n) is 17.1. The van der Waals surface area contributed by atoms with Crippen LogP contribution in [0.15, 0.2) is 4.99 Å². The minimum Gasteiger partial charge on any atom is -0.357 e. The Morgan fingerprint density at radius 2 is 1.73 bits per heavy atom. The molecule has 26 heavy (non-hydrogen) atoms. The van der Waals surface area contributed by atoms with E-state index in [0.717, 1.165) is 38.1 Å². The van der Waals surface area contributed by atoms with Crippen LogP contribution in [0.25, 0.3) is 0 Å². The topological polar surface area (TPSA) is 42.9 Å². The maximum absolute atomic E-state index is 4.75. The third-order valence-corrected chi connectivity index (χ3v) is 5.41. The first-order valence-corrected chi connectivity index (χ1v) is 10.7. The maximum Gasteiger partial charge on any atom is 0.191 e. The average Bonchev–Trinajstić information content (AvgIpc) is 2.62. The molecule has 2 aliphatic rings. The van der Waals surface area contributed by atoms with Gasteiger partial charge in [0.05, 0.1) is 0 Å². The molecule has 2 heterocycles. The number of nitrogens with zero attached hydrogens (tertiary/aromatic N) is 3. The van der Waals surface area contributed by atoms with E-state index in [-0.39, 0.29) is 24.0 Å². The maximum atomic E-state index is 4.75. The van der Waals surface area contributed by atoms with Gasteiger partial charge in [-0.15, -0.1) is 24.0 Å². The van der Waals surface area contributed by atoms with Crippen LogP contribution in [0.2, 0.25) is 0 Å². The second-order valence-electron chi connectivity index (χ2n) is 7.84. The molecule has 1 atom stereocenters. The zero-order valence-corrected chi connectivity index (χ0v) is 19.5. The van der Waals surface area contributed by atoms with E-state index < -0.39 is 0 Å². The first-order valence-electron chi connectivity index (χ1n) is 10.7. The molecule has 2 aliphatic heterocycles. The predicted octanol–water partition coefficient (Wildman–Crippen LogP) is 3.16. The van der Waals surface area contributed by atoms with Crippen molar-refractivity contribution in [3.63, 3.8) is 0 Å². The highest BCUT2D eigenvalue weighted by atomic mass is 127. The molecule has 0 aliphatic carbocycles. The molecule has 0 radical (unpaired) electrons. The van der Waals surface area contributed by atoms with Gasteiger partial charge in [0.15, 0.2) is 5.96 Å². The third-order valence-electron chi connectivity index (χ3n) is 5.41. The van der Waals surface area contributed by atoms with E-state index >= 15 is 0 Å². The van der Waals surface area contributed by atoms with Gasteiger partial charge >= 0.3 is 0 Å². The monoisotopic (exact) mass is 479 g/mol. The summed E-state index contributed by atoms with van der Waals surface area (Å²) in [7, 11) is 0. The number of hydrogen-bond donors (Lipinski definition) is 2. The summed E-state index contributed by atoms with van der Waals surface area (Å²) >= 11 is 0. The van der Waals surface area contributed by atoms with Gasteiger partial charge in [-0.3, -0.25) is 4.99 Å². The Morgan fingerprint density at radius 1 is 0.962 bits per heavy atom. The fourth-order valence-corrected chi connectivity index (χ4v) is 3.99. The minimum atomic E-state index is 0. The largest absolute Gasteiger partial charge is 0.357 e. The van der Waals surface area contributed by atoms with E-state index in [0.29, 0.717) is 0 Å². The molecule has 0 saturated carbocycles. The molecule has 2 saturated heterocycles. The summed E-state index contributed by atoms with van der Waals surface area (Å²) in [5.74, 6) is 1.88. The lowest BCUT2D eigenvalue weighted by atomic mass is 10.0. The van der Waals surface area contributed by atoms with Crippen LogP contribution in [-0.2, 0) is 0 Å². The molecule has 0 aromatic heterocycles. The van der Waals surface area contributed by atoms with Gasteiger partial charge in [0.2, 0.25) is 0 Å². The molecule has 0 aromatic rings. The number of unbranched alkanes of at least 4 members (excludes halogenated alkanes) is 1. The van der Waals surface area contributed by atoms with Gasteiger partial charge in [-0.2, -0.15) is 0 Å². The van der Waals surface area contributed by atoms with Crippen LogP contribution in [0.4, 0.5) is 0 Å². The molecule has 0 bridgehead atoms. The summed E-state index contributed by atoms with van der Waals surface area (Å²) in [6.07, 6.45) is 9.38. The van der Waals surface area contributed by atoms with Crippen LogP contribution < -0.4 is 10.6 Å². The Balaban J connectivity index is 0.00000338. The van der Waals surface area contributed by atoms with Crippen molar-refractivity contribution in [3.8, 4) is 0 Å². The van der Waals surface area contributed by atoms with E-state index in [1.165, 1.54) is 77.7 Å². The second-order valence-corrected chi connectivity index (χ2v) is 7.84. The molecule has 2 rings (SSSR count). The summed E-state index contributed by atoms with van der Waals surface area (Å²) in [4.78, 5) is 9.96. The normalized spacial score (nSPS) is 22.7. The lowest BCUT2D eigenvalue weighted by Gasteiger charge is -2.30. The van der Waals surface area contributed by atoms with E-state index in [4.69, 9.17) is 4.99 Å². The van der Waals surface area contributed by atoms with Crippen LogP contribution in [0.5, 0.6) is 0 Å². The molecule has 1 unspecified atom stereocenters. The Hall–Kier alpha value is -0.0800. The number of piperidine rings is 2.